The summed E-state index contributed by atoms with van der Waals surface area (Å²) in [5.74, 6) is 0. The predicted octanol–water partition coefficient (Wildman–Crippen LogP) is 1.64. The van der Waals surface area contributed by atoms with Gasteiger partial charge in [-0.25, -0.2) is 0 Å². The zero-order valence-corrected chi connectivity index (χ0v) is 8.73. The van der Waals surface area contributed by atoms with E-state index in [-0.39, 0.29) is 11.6 Å². The van der Waals surface area contributed by atoms with Crippen molar-refractivity contribution in [3.05, 3.63) is 28.7 Å². The summed E-state index contributed by atoms with van der Waals surface area (Å²) in [7, 11) is 0. The summed E-state index contributed by atoms with van der Waals surface area (Å²) in [6.07, 6.45) is 3.06. The lowest BCUT2D eigenvalue weighted by molar-refractivity contribution is 0.563. The highest BCUT2D eigenvalue weighted by Crippen LogP contribution is 2.16. The quantitative estimate of drug-likeness (QED) is 0.711. The first-order chi connectivity index (χ1) is 6.70. The fraction of sp³-hybridized carbons (Fsp3) is 0.545. The molecule has 0 spiro atoms. The van der Waals surface area contributed by atoms with Gasteiger partial charge in [-0.2, -0.15) is 0 Å². The van der Waals surface area contributed by atoms with Gasteiger partial charge in [-0.3, -0.25) is 4.79 Å². The van der Waals surface area contributed by atoms with Crippen LogP contribution in [0.15, 0.2) is 23.1 Å². The lowest BCUT2D eigenvalue weighted by Gasteiger charge is -2.32. The zero-order chi connectivity index (χ0) is 10.1. The summed E-state index contributed by atoms with van der Waals surface area (Å²) in [6.45, 7) is 6.11. The highest BCUT2D eigenvalue weighted by Gasteiger charge is 2.18. The highest BCUT2D eigenvalue weighted by molar-refractivity contribution is 5.46. The molecule has 0 N–H and O–H groups in total. The van der Waals surface area contributed by atoms with Crippen LogP contribution in [0.4, 0.5) is 5.69 Å². The molecule has 1 aliphatic rings. The minimum Gasteiger partial charge on any atom is -0.367 e. The Kier molecular flexibility index (Phi) is 2.32. The lowest BCUT2D eigenvalue weighted by Crippen LogP contribution is -2.41. The van der Waals surface area contributed by atoms with E-state index in [1.807, 2.05) is 32.2 Å². The van der Waals surface area contributed by atoms with Crippen LogP contribution in [0.5, 0.6) is 0 Å². The average Bonchev–Trinajstić information content (AvgIpc) is 2.04. The van der Waals surface area contributed by atoms with Crippen LogP contribution in [0.1, 0.15) is 26.3 Å². The molecule has 2 heterocycles. The Balaban J connectivity index is 2.41. The second-order valence-electron chi connectivity index (χ2n) is 4.04. The van der Waals surface area contributed by atoms with Crippen LogP contribution in [-0.4, -0.2) is 17.7 Å². The first kappa shape index (κ1) is 9.31. The molecule has 0 unspecified atom stereocenters. The second kappa shape index (κ2) is 3.48. The van der Waals surface area contributed by atoms with Crippen LogP contribution in [0.2, 0.25) is 0 Å². The number of rotatable bonds is 2. The van der Waals surface area contributed by atoms with Gasteiger partial charge in [0.15, 0.2) is 0 Å². The maximum atomic E-state index is 12.0. The number of pyridine rings is 1. The Hall–Kier alpha value is -1.25. The Morgan fingerprint density at radius 1 is 1.36 bits per heavy atom. The van der Waals surface area contributed by atoms with Crippen molar-refractivity contribution < 1.29 is 0 Å². The largest absolute Gasteiger partial charge is 0.367 e. The van der Waals surface area contributed by atoms with Gasteiger partial charge in [0, 0.05) is 25.3 Å². The van der Waals surface area contributed by atoms with Gasteiger partial charge in [-0.15, -0.1) is 0 Å². The van der Waals surface area contributed by atoms with E-state index in [0.717, 1.165) is 18.8 Å². The van der Waals surface area contributed by atoms with Crippen LogP contribution in [0.25, 0.3) is 0 Å². The molecule has 76 valence electrons. The first-order valence-corrected chi connectivity index (χ1v) is 5.16. The van der Waals surface area contributed by atoms with E-state index in [9.17, 15) is 4.79 Å². The molecule has 1 fully saturated rings. The number of anilines is 1. The van der Waals surface area contributed by atoms with Gasteiger partial charge >= 0.3 is 0 Å². The smallest absolute Gasteiger partial charge is 0.274 e. The molecule has 0 bridgehead atoms. The Morgan fingerprint density at radius 2 is 2.07 bits per heavy atom. The molecule has 0 amide bonds. The standard InChI is InChI=1S/C11H16N2O/c1-9(2)13-8-3-5-10(11(13)14)12-6-4-7-12/h3,5,8-9H,4,6-7H2,1-2H3. The molecular weight excluding hydrogens is 176 g/mol. The maximum absolute atomic E-state index is 12.0. The van der Waals surface area contributed by atoms with Crippen molar-refractivity contribution in [1.82, 2.24) is 4.57 Å². The second-order valence-corrected chi connectivity index (χ2v) is 4.04. The number of aromatic nitrogens is 1. The van der Waals surface area contributed by atoms with Gasteiger partial charge in [0.25, 0.3) is 5.56 Å². The van der Waals surface area contributed by atoms with Crippen LogP contribution in [0, 0.1) is 0 Å². The predicted molar refractivity (Wildman–Crippen MR) is 57.9 cm³/mol. The summed E-state index contributed by atoms with van der Waals surface area (Å²) < 4.78 is 1.79. The summed E-state index contributed by atoms with van der Waals surface area (Å²) in [5.41, 5.74) is 0.995. The molecule has 0 aromatic carbocycles. The molecule has 1 aliphatic heterocycles. The van der Waals surface area contributed by atoms with Gasteiger partial charge in [0.1, 0.15) is 5.69 Å². The molecular formula is C11H16N2O. The molecule has 0 aliphatic carbocycles. The van der Waals surface area contributed by atoms with E-state index in [2.05, 4.69) is 4.90 Å². The van der Waals surface area contributed by atoms with Crippen molar-refractivity contribution in [1.29, 1.82) is 0 Å². The van der Waals surface area contributed by atoms with Gasteiger partial charge in [-0.1, -0.05) is 0 Å². The maximum Gasteiger partial charge on any atom is 0.274 e. The Labute approximate surface area is 84.0 Å². The Bertz CT molecular complexity index is 377. The summed E-state index contributed by atoms with van der Waals surface area (Å²) in [6, 6.07) is 4.11. The van der Waals surface area contributed by atoms with E-state index in [0.29, 0.717) is 0 Å². The number of hydrogen-bond acceptors (Lipinski definition) is 2. The normalized spacial score (nSPS) is 15.8. The van der Waals surface area contributed by atoms with E-state index in [1.165, 1.54) is 6.42 Å². The highest BCUT2D eigenvalue weighted by atomic mass is 16.1. The minimum absolute atomic E-state index is 0.141. The topological polar surface area (TPSA) is 25.2 Å². The fourth-order valence-electron chi connectivity index (χ4n) is 1.70. The molecule has 1 aromatic heterocycles. The molecule has 14 heavy (non-hydrogen) atoms. The molecule has 1 aromatic rings. The van der Waals surface area contributed by atoms with Crippen LogP contribution in [-0.2, 0) is 0 Å². The molecule has 2 rings (SSSR count). The van der Waals surface area contributed by atoms with Crippen molar-refractivity contribution in [3.8, 4) is 0 Å². The molecule has 0 saturated carbocycles. The number of nitrogens with zero attached hydrogens (tertiary/aromatic N) is 2. The Morgan fingerprint density at radius 3 is 2.57 bits per heavy atom. The van der Waals surface area contributed by atoms with Crippen molar-refractivity contribution >= 4 is 5.69 Å². The minimum atomic E-state index is 0.141. The van der Waals surface area contributed by atoms with E-state index in [1.54, 1.807) is 4.57 Å². The SMILES string of the molecule is CC(C)n1cccc(N2CCC2)c1=O. The van der Waals surface area contributed by atoms with Crippen LogP contribution < -0.4 is 10.5 Å². The molecule has 0 atom stereocenters. The zero-order valence-electron chi connectivity index (χ0n) is 8.73. The monoisotopic (exact) mass is 192 g/mol. The van der Waals surface area contributed by atoms with Crippen molar-refractivity contribution in [2.45, 2.75) is 26.3 Å². The third-order valence-electron chi connectivity index (χ3n) is 2.71. The summed E-state index contributed by atoms with van der Waals surface area (Å²) in [4.78, 5) is 14.1. The third-order valence-corrected chi connectivity index (χ3v) is 2.71. The van der Waals surface area contributed by atoms with Crippen molar-refractivity contribution in [2.75, 3.05) is 18.0 Å². The van der Waals surface area contributed by atoms with Gasteiger partial charge in [0.2, 0.25) is 0 Å². The molecule has 1 saturated heterocycles. The van der Waals surface area contributed by atoms with E-state index < -0.39 is 0 Å². The summed E-state index contributed by atoms with van der Waals surface area (Å²) >= 11 is 0. The first-order valence-electron chi connectivity index (χ1n) is 5.16. The fourth-order valence-corrected chi connectivity index (χ4v) is 1.70. The van der Waals surface area contributed by atoms with Gasteiger partial charge < -0.3 is 9.47 Å². The average molecular weight is 192 g/mol. The molecule has 3 nitrogen and oxygen atoms in total. The third kappa shape index (κ3) is 1.43. The van der Waals surface area contributed by atoms with Crippen molar-refractivity contribution in [2.24, 2.45) is 0 Å². The van der Waals surface area contributed by atoms with Crippen LogP contribution in [0.3, 0.4) is 0 Å². The molecule has 0 radical (unpaired) electrons. The van der Waals surface area contributed by atoms with Gasteiger partial charge in [-0.05, 0) is 32.4 Å². The summed E-state index contributed by atoms with van der Waals surface area (Å²) in [5, 5.41) is 0. The van der Waals surface area contributed by atoms with E-state index in [4.69, 9.17) is 0 Å². The lowest BCUT2D eigenvalue weighted by atomic mass is 10.2. The van der Waals surface area contributed by atoms with Crippen LogP contribution >= 0.6 is 0 Å². The van der Waals surface area contributed by atoms with E-state index >= 15 is 0 Å². The van der Waals surface area contributed by atoms with Gasteiger partial charge in [0.05, 0.1) is 0 Å². The molecule has 3 heteroatoms. The number of hydrogen-bond donors (Lipinski definition) is 0. The van der Waals surface area contributed by atoms with Crippen molar-refractivity contribution in [3.63, 3.8) is 0 Å².